The first-order valence-electron chi connectivity index (χ1n) is 8.03. The van der Waals surface area contributed by atoms with Crippen molar-refractivity contribution in [3.63, 3.8) is 0 Å². The molecule has 110 valence electrons. The summed E-state index contributed by atoms with van der Waals surface area (Å²) in [5.41, 5.74) is 1.42. The van der Waals surface area contributed by atoms with Crippen molar-refractivity contribution in [1.29, 1.82) is 0 Å². The van der Waals surface area contributed by atoms with Crippen LogP contribution in [0.2, 0.25) is 0 Å². The normalized spacial score (nSPS) is 20.6. The highest BCUT2D eigenvalue weighted by Crippen LogP contribution is 2.20. The first kappa shape index (κ1) is 15.2. The van der Waals surface area contributed by atoms with Gasteiger partial charge in [-0.05, 0) is 51.3 Å². The van der Waals surface area contributed by atoms with E-state index in [9.17, 15) is 4.79 Å². The van der Waals surface area contributed by atoms with Crippen LogP contribution in [0, 0.1) is 0 Å². The molecule has 2 heteroatoms. The fourth-order valence-electron chi connectivity index (χ4n) is 3.23. The van der Waals surface area contributed by atoms with E-state index in [1.807, 2.05) is 0 Å². The van der Waals surface area contributed by atoms with Crippen LogP contribution >= 0.6 is 0 Å². The lowest BCUT2D eigenvalue weighted by Crippen LogP contribution is -2.37. The van der Waals surface area contributed by atoms with E-state index in [2.05, 4.69) is 35.2 Å². The number of likely N-dealkylation sites (tertiary alicyclic amines) is 1. The second kappa shape index (κ2) is 8.21. The fourth-order valence-corrected chi connectivity index (χ4v) is 3.23. The highest BCUT2D eigenvalue weighted by Gasteiger charge is 2.21. The number of nitrogens with zero attached hydrogens (tertiary/aromatic N) is 1. The molecule has 0 bridgehead atoms. The molecule has 1 saturated heterocycles. The van der Waals surface area contributed by atoms with Gasteiger partial charge < -0.3 is 0 Å². The van der Waals surface area contributed by atoms with Crippen LogP contribution in [0.3, 0.4) is 0 Å². The smallest absolute Gasteiger partial charge is 0.131 e. The highest BCUT2D eigenvalue weighted by molar-refractivity contribution is 5.76. The Balaban J connectivity index is 1.82. The quantitative estimate of drug-likeness (QED) is 0.785. The minimum atomic E-state index is 0.338. The van der Waals surface area contributed by atoms with Crippen LogP contribution in [0.4, 0.5) is 0 Å². The summed E-state index contributed by atoms with van der Waals surface area (Å²) < 4.78 is 0. The Morgan fingerprint density at radius 1 is 1.20 bits per heavy atom. The molecule has 0 aromatic heterocycles. The average molecular weight is 273 g/mol. The molecule has 1 aliphatic rings. The van der Waals surface area contributed by atoms with Crippen molar-refractivity contribution in [3.8, 4) is 0 Å². The van der Waals surface area contributed by atoms with Crippen molar-refractivity contribution in [1.82, 2.24) is 4.90 Å². The molecule has 1 fully saturated rings. The molecule has 0 saturated carbocycles. The summed E-state index contributed by atoms with van der Waals surface area (Å²) in [6.07, 6.45) is 8.18. The summed E-state index contributed by atoms with van der Waals surface area (Å²) in [7, 11) is 0. The molecule has 0 aliphatic carbocycles. The van der Waals surface area contributed by atoms with Crippen molar-refractivity contribution >= 4 is 5.78 Å². The average Bonchev–Trinajstić information content (AvgIpc) is 2.65. The third-order valence-electron chi connectivity index (χ3n) is 4.28. The number of hydrogen-bond acceptors (Lipinski definition) is 2. The van der Waals surface area contributed by atoms with Crippen LogP contribution < -0.4 is 0 Å². The molecule has 0 N–H and O–H groups in total. The van der Waals surface area contributed by atoms with E-state index in [1.54, 1.807) is 6.92 Å². The molecule has 2 nitrogen and oxygen atoms in total. The second-order valence-electron chi connectivity index (χ2n) is 6.03. The predicted octanol–water partition coefficient (Wildman–Crippen LogP) is 3.84. The van der Waals surface area contributed by atoms with E-state index in [1.165, 1.54) is 44.2 Å². The molecule has 1 heterocycles. The van der Waals surface area contributed by atoms with Gasteiger partial charge in [0, 0.05) is 12.5 Å². The summed E-state index contributed by atoms with van der Waals surface area (Å²) in [4.78, 5) is 14.0. The molecule has 0 radical (unpaired) electrons. The van der Waals surface area contributed by atoms with Crippen LogP contribution in [0.15, 0.2) is 30.3 Å². The molecular weight excluding hydrogens is 246 g/mol. The second-order valence-corrected chi connectivity index (χ2v) is 6.03. The summed E-state index contributed by atoms with van der Waals surface area (Å²) in [6.45, 7) is 4.03. The maximum Gasteiger partial charge on any atom is 0.131 e. The van der Waals surface area contributed by atoms with Crippen molar-refractivity contribution in [2.75, 3.05) is 13.1 Å². The Morgan fingerprint density at radius 3 is 2.75 bits per heavy atom. The van der Waals surface area contributed by atoms with E-state index < -0.39 is 0 Å². The number of carbonyl (C=O) groups excluding carboxylic acids is 1. The lowest BCUT2D eigenvalue weighted by molar-refractivity contribution is -0.118. The zero-order valence-electron chi connectivity index (χ0n) is 12.7. The highest BCUT2D eigenvalue weighted by atomic mass is 16.1. The summed E-state index contributed by atoms with van der Waals surface area (Å²) in [5.74, 6) is 0.338. The lowest BCUT2D eigenvalue weighted by atomic mass is 10.0. The van der Waals surface area contributed by atoms with Crippen molar-refractivity contribution < 1.29 is 4.79 Å². The topological polar surface area (TPSA) is 20.3 Å². The van der Waals surface area contributed by atoms with E-state index in [0.29, 0.717) is 11.8 Å². The lowest BCUT2D eigenvalue weighted by Gasteiger charge is -2.29. The van der Waals surface area contributed by atoms with Crippen LogP contribution in [-0.4, -0.2) is 29.8 Å². The number of rotatable bonds is 6. The van der Waals surface area contributed by atoms with Gasteiger partial charge in [-0.15, -0.1) is 0 Å². The molecule has 1 atom stereocenters. The summed E-state index contributed by atoms with van der Waals surface area (Å²) in [6, 6.07) is 11.2. The Kier molecular flexibility index (Phi) is 6.25. The first-order valence-corrected chi connectivity index (χ1v) is 8.03. The Bertz CT molecular complexity index is 401. The molecule has 2 rings (SSSR count). The van der Waals surface area contributed by atoms with Gasteiger partial charge in [-0.2, -0.15) is 0 Å². The SMILES string of the molecule is CC(=O)CC1CCCCCN1CCCc1ccccc1. The van der Waals surface area contributed by atoms with Gasteiger partial charge in [0.1, 0.15) is 5.78 Å². The maximum absolute atomic E-state index is 11.4. The standard InChI is InChI=1S/C18H27NO/c1-16(20)15-18-12-6-3-7-13-19(18)14-8-11-17-9-4-2-5-10-17/h2,4-5,9-10,18H,3,6-8,11-15H2,1H3. The molecule has 0 spiro atoms. The number of ketones is 1. The van der Waals surface area contributed by atoms with E-state index in [4.69, 9.17) is 0 Å². The van der Waals surface area contributed by atoms with Gasteiger partial charge in [-0.25, -0.2) is 0 Å². The van der Waals surface area contributed by atoms with Gasteiger partial charge in [-0.1, -0.05) is 43.2 Å². The van der Waals surface area contributed by atoms with Crippen LogP contribution in [0.1, 0.15) is 51.0 Å². The third kappa shape index (κ3) is 5.09. The molecule has 1 aromatic rings. The zero-order chi connectivity index (χ0) is 14.2. The van der Waals surface area contributed by atoms with Gasteiger partial charge in [0.2, 0.25) is 0 Å². The molecule has 0 amide bonds. The van der Waals surface area contributed by atoms with Crippen molar-refractivity contribution in [2.45, 2.75) is 57.9 Å². The number of benzene rings is 1. The van der Waals surface area contributed by atoms with Gasteiger partial charge >= 0.3 is 0 Å². The van der Waals surface area contributed by atoms with E-state index in [0.717, 1.165) is 19.4 Å². The van der Waals surface area contributed by atoms with E-state index in [-0.39, 0.29) is 0 Å². The summed E-state index contributed by atoms with van der Waals surface area (Å²) in [5, 5.41) is 0. The Labute approximate surface area is 123 Å². The number of Topliss-reactive ketones (excluding diaryl/α,β-unsaturated/α-hetero) is 1. The van der Waals surface area contributed by atoms with Gasteiger partial charge in [-0.3, -0.25) is 9.69 Å². The molecule has 1 unspecified atom stereocenters. The Morgan fingerprint density at radius 2 is 2.00 bits per heavy atom. The van der Waals surface area contributed by atoms with Crippen molar-refractivity contribution in [2.24, 2.45) is 0 Å². The molecular formula is C18H27NO. The van der Waals surface area contributed by atoms with Crippen LogP contribution in [0.5, 0.6) is 0 Å². The number of hydrogen-bond donors (Lipinski definition) is 0. The number of aryl methyl sites for hydroxylation is 1. The predicted molar refractivity (Wildman–Crippen MR) is 83.9 cm³/mol. The molecule has 20 heavy (non-hydrogen) atoms. The minimum absolute atomic E-state index is 0.338. The van der Waals surface area contributed by atoms with Gasteiger partial charge in [0.05, 0.1) is 0 Å². The third-order valence-corrected chi connectivity index (χ3v) is 4.28. The Hall–Kier alpha value is -1.15. The van der Waals surface area contributed by atoms with Crippen LogP contribution in [0.25, 0.3) is 0 Å². The van der Waals surface area contributed by atoms with Gasteiger partial charge in [0.25, 0.3) is 0 Å². The number of carbonyl (C=O) groups is 1. The van der Waals surface area contributed by atoms with E-state index >= 15 is 0 Å². The summed E-state index contributed by atoms with van der Waals surface area (Å²) >= 11 is 0. The molecule has 1 aromatic carbocycles. The maximum atomic E-state index is 11.4. The fraction of sp³-hybridized carbons (Fsp3) is 0.611. The minimum Gasteiger partial charge on any atom is -0.300 e. The largest absolute Gasteiger partial charge is 0.300 e. The van der Waals surface area contributed by atoms with Crippen LogP contribution in [-0.2, 0) is 11.2 Å². The first-order chi connectivity index (χ1) is 9.75. The monoisotopic (exact) mass is 273 g/mol. The zero-order valence-corrected chi connectivity index (χ0v) is 12.7. The van der Waals surface area contributed by atoms with Gasteiger partial charge in [0.15, 0.2) is 0 Å². The van der Waals surface area contributed by atoms with Crippen molar-refractivity contribution in [3.05, 3.63) is 35.9 Å². The molecule has 1 aliphatic heterocycles.